The van der Waals surface area contributed by atoms with E-state index in [-0.39, 0.29) is 0 Å². The van der Waals surface area contributed by atoms with Crippen LogP contribution >= 0.6 is 0 Å². The molecule has 0 N–H and O–H groups in total. The first kappa shape index (κ1) is 17.7. The molecule has 0 fully saturated rings. The van der Waals surface area contributed by atoms with Crippen molar-refractivity contribution < 1.29 is 0 Å². The summed E-state index contributed by atoms with van der Waals surface area (Å²) in [5.74, 6) is 0. The summed E-state index contributed by atoms with van der Waals surface area (Å²) in [6.45, 7) is 0. The second kappa shape index (κ2) is 6.80. The number of hydrogen-bond acceptors (Lipinski definition) is 0. The third-order valence-electron chi connectivity index (χ3n) is 7.11. The summed E-state index contributed by atoms with van der Waals surface area (Å²) in [4.78, 5) is 0. The molecule has 0 spiro atoms. The van der Waals surface area contributed by atoms with Crippen LogP contribution in [-0.4, -0.2) is 0 Å². The maximum absolute atomic E-state index is 2.47. The van der Waals surface area contributed by atoms with Gasteiger partial charge in [-0.25, -0.2) is 0 Å². The molecular formula is C32H22. The van der Waals surface area contributed by atoms with Gasteiger partial charge in [0, 0.05) is 0 Å². The lowest BCUT2D eigenvalue weighted by molar-refractivity contribution is 1.21. The third kappa shape index (κ3) is 2.70. The van der Waals surface area contributed by atoms with Crippen LogP contribution in [0, 0.1) is 0 Å². The van der Waals surface area contributed by atoms with E-state index in [9.17, 15) is 0 Å². The van der Waals surface area contributed by atoms with E-state index in [2.05, 4.69) is 109 Å². The SMILES string of the molecule is c1ccc(-c2ccc3c(c2)-c2cc4c(cc2C3)Cc2ccc(-c3ccccc3)cc2-4)cc1. The van der Waals surface area contributed by atoms with Crippen LogP contribution in [0.25, 0.3) is 44.5 Å². The molecule has 0 atom stereocenters. The molecule has 7 rings (SSSR count). The highest BCUT2D eigenvalue weighted by Crippen LogP contribution is 2.46. The molecule has 0 aliphatic heterocycles. The molecule has 0 heterocycles. The zero-order valence-corrected chi connectivity index (χ0v) is 17.8. The van der Waals surface area contributed by atoms with Crippen LogP contribution in [0.3, 0.4) is 0 Å². The lowest BCUT2D eigenvalue weighted by Crippen LogP contribution is -1.86. The zero-order chi connectivity index (χ0) is 21.1. The lowest BCUT2D eigenvalue weighted by Gasteiger charge is -2.09. The second-order valence-corrected chi connectivity index (χ2v) is 9.00. The van der Waals surface area contributed by atoms with Crippen molar-refractivity contribution in [3.63, 3.8) is 0 Å². The van der Waals surface area contributed by atoms with Crippen molar-refractivity contribution >= 4 is 0 Å². The molecule has 2 aliphatic rings. The molecule has 0 heteroatoms. The molecule has 0 aromatic heterocycles. The molecule has 32 heavy (non-hydrogen) atoms. The van der Waals surface area contributed by atoms with Gasteiger partial charge >= 0.3 is 0 Å². The van der Waals surface area contributed by atoms with Gasteiger partial charge in [-0.3, -0.25) is 0 Å². The zero-order valence-electron chi connectivity index (χ0n) is 17.8. The first-order chi connectivity index (χ1) is 15.8. The highest BCUT2D eigenvalue weighted by Gasteiger charge is 2.25. The predicted octanol–water partition coefficient (Wildman–Crippen LogP) is 8.16. The van der Waals surface area contributed by atoms with Crippen LogP contribution in [0.15, 0.2) is 109 Å². The summed E-state index contributed by atoms with van der Waals surface area (Å²) >= 11 is 0. The van der Waals surface area contributed by atoms with E-state index in [1.165, 1.54) is 66.8 Å². The van der Waals surface area contributed by atoms with Crippen LogP contribution in [-0.2, 0) is 12.8 Å². The Balaban J connectivity index is 1.36. The van der Waals surface area contributed by atoms with Gasteiger partial charge in [0.1, 0.15) is 0 Å². The summed E-state index contributed by atoms with van der Waals surface area (Å²) in [6.07, 6.45) is 2.08. The maximum atomic E-state index is 2.47. The Morgan fingerprint density at radius 1 is 0.312 bits per heavy atom. The normalized spacial score (nSPS) is 12.8. The Morgan fingerprint density at radius 3 is 1.22 bits per heavy atom. The number of fused-ring (bicyclic) bond motifs is 6. The Kier molecular flexibility index (Phi) is 3.77. The van der Waals surface area contributed by atoms with E-state index in [0.717, 1.165) is 12.8 Å². The van der Waals surface area contributed by atoms with Gasteiger partial charge in [0.25, 0.3) is 0 Å². The van der Waals surface area contributed by atoms with E-state index in [1.807, 2.05) is 0 Å². The lowest BCUT2D eigenvalue weighted by atomic mass is 9.95. The van der Waals surface area contributed by atoms with E-state index in [4.69, 9.17) is 0 Å². The fourth-order valence-corrected chi connectivity index (χ4v) is 5.48. The molecule has 5 aromatic carbocycles. The van der Waals surface area contributed by atoms with Gasteiger partial charge in [-0.15, -0.1) is 0 Å². The van der Waals surface area contributed by atoms with Gasteiger partial charge in [0.2, 0.25) is 0 Å². The van der Waals surface area contributed by atoms with Crippen molar-refractivity contribution in [3.8, 4) is 44.5 Å². The number of benzene rings is 5. The standard InChI is InChI=1S/C32H22/c1-3-7-21(8-4-1)23-11-13-25-15-27-17-28-16-26-14-12-24(22-9-5-2-6-10-22)19-30(26)32(28)20-31(27)29(25)18-23/h1-14,17-20H,15-16H2. The van der Waals surface area contributed by atoms with Gasteiger partial charge in [-0.2, -0.15) is 0 Å². The summed E-state index contributed by atoms with van der Waals surface area (Å²) in [5, 5.41) is 0. The molecule has 5 aromatic rings. The van der Waals surface area contributed by atoms with E-state index in [0.29, 0.717) is 0 Å². The molecule has 0 saturated carbocycles. The Labute approximate surface area is 188 Å². The van der Waals surface area contributed by atoms with Crippen LogP contribution in [0.2, 0.25) is 0 Å². The van der Waals surface area contributed by atoms with E-state index >= 15 is 0 Å². The third-order valence-corrected chi connectivity index (χ3v) is 7.11. The minimum atomic E-state index is 1.04. The summed E-state index contributed by atoms with van der Waals surface area (Å²) in [5.41, 5.74) is 16.6. The average molecular weight is 407 g/mol. The van der Waals surface area contributed by atoms with Gasteiger partial charge in [-0.1, -0.05) is 91.0 Å². The van der Waals surface area contributed by atoms with Crippen LogP contribution in [0.4, 0.5) is 0 Å². The van der Waals surface area contributed by atoms with Gasteiger partial charge in [0.05, 0.1) is 0 Å². The van der Waals surface area contributed by atoms with Crippen LogP contribution < -0.4 is 0 Å². The topological polar surface area (TPSA) is 0 Å². The van der Waals surface area contributed by atoms with Gasteiger partial charge < -0.3 is 0 Å². The quantitative estimate of drug-likeness (QED) is 0.272. The summed E-state index contributed by atoms with van der Waals surface area (Å²) in [6, 6.07) is 40.3. The number of hydrogen-bond donors (Lipinski definition) is 0. The second-order valence-electron chi connectivity index (χ2n) is 9.00. The molecule has 0 amide bonds. The molecule has 0 saturated heterocycles. The molecule has 2 aliphatic carbocycles. The van der Waals surface area contributed by atoms with Gasteiger partial charge in [0.15, 0.2) is 0 Å². The first-order valence-corrected chi connectivity index (χ1v) is 11.4. The molecule has 150 valence electrons. The Hall–Kier alpha value is -3.90. The minimum Gasteiger partial charge on any atom is -0.0622 e. The van der Waals surface area contributed by atoms with Gasteiger partial charge in [-0.05, 0) is 97.8 Å². The van der Waals surface area contributed by atoms with Crippen LogP contribution in [0.1, 0.15) is 22.3 Å². The maximum Gasteiger partial charge on any atom is -0.00133 e. The van der Waals surface area contributed by atoms with Crippen molar-refractivity contribution in [2.75, 3.05) is 0 Å². The first-order valence-electron chi connectivity index (χ1n) is 11.4. The summed E-state index contributed by atoms with van der Waals surface area (Å²) in [7, 11) is 0. The van der Waals surface area contributed by atoms with E-state index < -0.39 is 0 Å². The largest absolute Gasteiger partial charge is 0.0622 e. The van der Waals surface area contributed by atoms with Crippen molar-refractivity contribution in [3.05, 3.63) is 131 Å². The minimum absolute atomic E-state index is 1.04. The monoisotopic (exact) mass is 406 g/mol. The van der Waals surface area contributed by atoms with E-state index in [1.54, 1.807) is 0 Å². The predicted molar refractivity (Wildman–Crippen MR) is 134 cm³/mol. The Morgan fingerprint density at radius 2 is 0.750 bits per heavy atom. The van der Waals surface area contributed by atoms with Crippen molar-refractivity contribution in [1.82, 2.24) is 0 Å². The fraction of sp³-hybridized carbons (Fsp3) is 0.0625. The average Bonchev–Trinajstić information content (AvgIpc) is 3.40. The highest BCUT2D eigenvalue weighted by atomic mass is 14.3. The Bertz CT molecular complexity index is 1380. The molecule has 0 bridgehead atoms. The molecule has 0 nitrogen and oxygen atoms in total. The highest BCUT2D eigenvalue weighted by molar-refractivity contribution is 5.89. The van der Waals surface area contributed by atoms with Crippen molar-refractivity contribution in [1.29, 1.82) is 0 Å². The van der Waals surface area contributed by atoms with Crippen LogP contribution in [0.5, 0.6) is 0 Å². The smallest absolute Gasteiger partial charge is 0.00133 e. The molecule has 0 unspecified atom stereocenters. The fourth-order valence-electron chi connectivity index (χ4n) is 5.48. The molecular weight excluding hydrogens is 384 g/mol. The summed E-state index contributed by atoms with van der Waals surface area (Å²) < 4.78 is 0. The van der Waals surface area contributed by atoms with Crippen molar-refractivity contribution in [2.45, 2.75) is 12.8 Å². The van der Waals surface area contributed by atoms with Crippen molar-refractivity contribution in [2.24, 2.45) is 0 Å². The molecule has 0 radical (unpaired) electrons. The number of rotatable bonds is 2.